The molecule has 0 aliphatic rings. The number of benzene rings is 2. The molecule has 0 amide bonds. The van der Waals surface area contributed by atoms with Crippen molar-refractivity contribution in [2.24, 2.45) is 10.7 Å². The van der Waals surface area contributed by atoms with Crippen molar-refractivity contribution in [3.05, 3.63) is 83.9 Å². The van der Waals surface area contributed by atoms with E-state index in [1.807, 2.05) is 0 Å². The summed E-state index contributed by atoms with van der Waals surface area (Å²) in [6.45, 7) is -2.97. The Bertz CT molecular complexity index is 1100. The van der Waals surface area contributed by atoms with Gasteiger partial charge in [0, 0.05) is 25.9 Å². The molecule has 0 spiro atoms. The van der Waals surface area contributed by atoms with Gasteiger partial charge >= 0.3 is 6.61 Å². The molecule has 1 unspecified atom stereocenters. The smallest absolute Gasteiger partial charge is 0.387 e. The molecule has 0 fully saturated rings. The van der Waals surface area contributed by atoms with E-state index in [9.17, 15) is 18.0 Å². The summed E-state index contributed by atoms with van der Waals surface area (Å²) in [6, 6.07) is 15.3. The molecule has 0 saturated carbocycles. The van der Waals surface area contributed by atoms with E-state index in [4.69, 9.17) is 5.73 Å². The van der Waals surface area contributed by atoms with Gasteiger partial charge in [-0.1, -0.05) is 30.3 Å². The van der Waals surface area contributed by atoms with E-state index < -0.39 is 18.1 Å². The van der Waals surface area contributed by atoms with E-state index in [-0.39, 0.29) is 11.7 Å². The first-order chi connectivity index (χ1) is 15.2. The van der Waals surface area contributed by atoms with Gasteiger partial charge in [-0.2, -0.15) is 13.2 Å². The number of hydrogen-bond acceptors (Lipinski definition) is 4. The van der Waals surface area contributed by atoms with Crippen LogP contribution in [0.3, 0.4) is 0 Å². The monoisotopic (exact) mass is 442 g/mol. The number of alkyl halides is 2. The lowest BCUT2D eigenvalue weighted by atomic mass is 9.83. The van der Waals surface area contributed by atoms with Gasteiger partial charge in [0.15, 0.2) is 17.8 Å². The topological polar surface area (TPSA) is 80.8 Å². The molecule has 1 atom stereocenters. The molecule has 2 N–H and O–H groups in total. The van der Waals surface area contributed by atoms with Gasteiger partial charge in [0.05, 0.1) is 0 Å². The highest BCUT2D eigenvalue weighted by atomic mass is 19.3. The van der Waals surface area contributed by atoms with E-state index in [1.165, 1.54) is 36.5 Å². The van der Waals surface area contributed by atoms with Crippen LogP contribution >= 0.6 is 0 Å². The van der Waals surface area contributed by atoms with Gasteiger partial charge in [-0.3, -0.25) is 4.79 Å². The molecule has 1 aromatic heterocycles. The number of aldehydes is 1. The number of pyridine rings is 1. The van der Waals surface area contributed by atoms with Crippen LogP contribution in [0.25, 0.3) is 11.1 Å². The molecule has 0 radical (unpaired) electrons. The van der Waals surface area contributed by atoms with Gasteiger partial charge < -0.3 is 15.4 Å². The first-order valence-electron chi connectivity index (χ1n) is 9.52. The van der Waals surface area contributed by atoms with Crippen LogP contribution in [0.2, 0.25) is 0 Å². The lowest BCUT2D eigenvalue weighted by Crippen LogP contribution is -2.37. The number of nitrogens with two attached hydrogens (primary N) is 1. The SMILES string of the molecule is CN(C)C(N)=NC(C=O)(c1ccc(OC(F)F)cc1)c1cccc(-c2ccc(F)nc2)c1. The maximum Gasteiger partial charge on any atom is 0.387 e. The second kappa shape index (κ2) is 9.51. The minimum Gasteiger partial charge on any atom is -0.435 e. The van der Waals surface area contributed by atoms with Crippen LogP contribution in [0.15, 0.2) is 71.9 Å². The average molecular weight is 442 g/mol. The molecule has 0 aliphatic heterocycles. The molecule has 3 rings (SSSR count). The molecule has 6 nitrogen and oxygen atoms in total. The zero-order valence-corrected chi connectivity index (χ0v) is 17.4. The van der Waals surface area contributed by atoms with Gasteiger partial charge in [0.1, 0.15) is 5.75 Å². The maximum atomic E-state index is 13.2. The Morgan fingerprint density at radius 3 is 2.38 bits per heavy atom. The van der Waals surface area contributed by atoms with Crippen LogP contribution in [0, 0.1) is 5.95 Å². The summed E-state index contributed by atoms with van der Waals surface area (Å²) in [5.41, 5.74) is 6.67. The standard InChI is InChI=1S/C23H21F3N4O2/c1-30(2)22(27)29-23(14-31,17-7-9-19(10-8-17)32-21(25)26)18-5-3-4-15(12-18)16-6-11-20(24)28-13-16/h3-14,21H,1-2H3,(H2,27,29). The van der Waals surface area contributed by atoms with Crippen molar-refractivity contribution in [2.75, 3.05) is 14.1 Å². The summed E-state index contributed by atoms with van der Waals surface area (Å²) >= 11 is 0. The lowest BCUT2D eigenvalue weighted by molar-refractivity contribution is -0.111. The predicted octanol–water partition coefficient (Wildman–Crippen LogP) is 3.81. The fourth-order valence-corrected chi connectivity index (χ4v) is 3.11. The van der Waals surface area contributed by atoms with Crippen molar-refractivity contribution >= 4 is 12.2 Å². The number of aliphatic imine (C=N–C) groups is 1. The zero-order chi connectivity index (χ0) is 23.3. The van der Waals surface area contributed by atoms with Crippen molar-refractivity contribution < 1.29 is 22.7 Å². The van der Waals surface area contributed by atoms with Crippen LogP contribution < -0.4 is 10.5 Å². The Morgan fingerprint density at radius 1 is 1.09 bits per heavy atom. The molecule has 1 heterocycles. The van der Waals surface area contributed by atoms with E-state index in [2.05, 4.69) is 14.7 Å². The van der Waals surface area contributed by atoms with Gasteiger partial charge in [0.2, 0.25) is 5.95 Å². The quantitative estimate of drug-likeness (QED) is 0.261. The minimum atomic E-state index is -2.97. The summed E-state index contributed by atoms with van der Waals surface area (Å²) in [5.74, 6) is -0.584. The molecule has 3 aromatic rings. The van der Waals surface area contributed by atoms with Crippen molar-refractivity contribution in [1.29, 1.82) is 0 Å². The van der Waals surface area contributed by atoms with Gasteiger partial charge in [-0.25, -0.2) is 9.98 Å². The normalized spacial score (nSPS) is 13.5. The maximum absolute atomic E-state index is 13.2. The van der Waals surface area contributed by atoms with Crippen molar-refractivity contribution in [3.8, 4) is 16.9 Å². The molecular formula is C23H21F3N4O2. The summed E-state index contributed by atoms with van der Waals surface area (Å²) in [5, 5.41) is 0. The first-order valence-corrected chi connectivity index (χ1v) is 9.52. The minimum absolute atomic E-state index is 0.0563. The van der Waals surface area contributed by atoms with Crippen LogP contribution in [0.1, 0.15) is 11.1 Å². The Kier molecular flexibility index (Phi) is 6.77. The number of aromatic nitrogens is 1. The van der Waals surface area contributed by atoms with Crippen molar-refractivity contribution in [3.63, 3.8) is 0 Å². The molecule has 9 heteroatoms. The number of nitrogens with zero attached hydrogens (tertiary/aromatic N) is 3. The number of carbonyl (C=O) groups is 1. The Balaban J connectivity index is 2.17. The number of carbonyl (C=O) groups excluding carboxylic acids is 1. The lowest BCUT2D eigenvalue weighted by Gasteiger charge is -2.27. The highest BCUT2D eigenvalue weighted by Crippen LogP contribution is 2.35. The van der Waals surface area contributed by atoms with Gasteiger partial charge in [0.25, 0.3) is 0 Å². The van der Waals surface area contributed by atoms with Crippen molar-refractivity contribution in [2.45, 2.75) is 12.2 Å². The average Bonchev–Trinajstić information content (AvgIpc) is 2.78. The number of ether oxygens (including phenoxy) is 1. The molecule has 0 aliphatic carbocycles. The first kappa shape index (κ1) is 22.8. The largest absolute Gasteiger partial charge is 0.435 e. The van der Waals surface area contributed by atoms with Crippen LogP contribution in [0.4, 0.5) is 13.2 Å². The Morgan fingerprint density at radius 2 is 1.81 bits per heavy atom. The number of halogens is 3. The van der Waals surface area contributed by atoms with Crippen LogP contribution in [0.5, 0.6) is 5.75 Å². The second-order valence-corrected chi connectivity index (χ2v) is 7.10. The number of hydrogen-bond donors (Lipinski definition) is 1. The molecule has 0 saturated heterocycles. The number of rotatable bonds is 7. The third kappa shape index (κ3) is 4.88. The van der Waals surface area contributed by atoms with Gasteiger partial charge in [-0.15, -0.1) is 0 Å². The van der Waals surface area contributed by atoms with E-state index in [1.54, 1.807) is 49.3 Å². The van der Waals surface area contributed by atoms with Crippen LogP contribution in [-0.2, 0) is 10.3 Å². The van der Waals surface area contributed by atoms with Crippen molar-refractivity contribution in [1.82, 2.24) is 9.88 Å². The third-order valence-corrected chi connectivity index (χ3v) is 4.80. The molecule has 166 valence electrons. The van der Waals surface area contributed by atoms with E-state index in [0.29, 0.717) is 28.5 Å². The fraction of sp³-hybridized carbons (Fsp3) is 0.174. The molecule has 32 heavy (non-hydrogen) atoms. The highest BCUT2D eigenvalue weighted by Gasteiger charge is 2.35. The summed E-state index contributed by atoms with van der Waals surface area (Å²) in [7, 11) is 3.35. The highest BCUT2D eigenvalue weighted by molar-refractivity contribution is 5.85. The van der Waals surface area contributed by atoms with E-state index >= 15 is 0 Å². The molecular weight excluding hydrogens is 421 g/mol. The predicted molar refractivity (Wildman–Crippen MR) is 115 cm³/mol. The summed E-state index contributed by atoms with van der Waals surface area (Å²) in [6.07, 6.45) is 2.01. The molecule has 0 bridgehead atoms. The summed E-state index contributed by atoms with van der Waals surface area (Å²) < 4.78 is 42.7. The Labute approximate surface area is 183 Å². The molecule has 2 aromatic carbocycles. The van der Waals surface area contributed by atoms with Gasteiger partial charge in [-0.05, 0) is 47.0 Å². The summed E-state index contributed by atoms with van der Waals surface area (Å²) in [4.78, 5) is 22.2. The third-order valence-electron chi connectivity index (χ3n) is 4.80. The van der Waals surface area contributed by atoms with Crippen LogP contribution in [-0.4, -0.2) is 42.8 Å². The second-order valence-electron chi connectivity index (χ2n) is 7.10. The number of guanidine groups is 1. The Hall–Kier alpha value is -3.88. The van der Waals surface area contributed by atoms with E-state index in [0.717, 1.165) is 0 Å². The zero-order valence-electron chi connectivity index (χ0n) is 17.4. The fourth-order valence-electron chi connectivity index (χ4n) is 3.11.